The number of amides is 2. The summed E-state index contributed by atoms with van der Waals surface area (Å²) in [7, 11) is 1.59. The van der Waals surface area contributed by atoms with Crippen LogP contribution >= 0.6 is 0 Å². The highest BCUT2D eigenvalue weighted by Gasteiger charge is 2.19. The third kappa shape index (κ3) is 6.44. The van der Waals surface area contributed by atoms with Crippen molar-refractivity contribution in [1.29, 1.82) is 0 Å². The number of ether oxygens (including phenoxy) is 1. The molecule has 0 bridgehead atoms. The van der Waals surface area contributed by atoms with Gasteiger partial charge in [-0.15, -0.1) is 0 Å². The normalized spacial score (nSPS) is 12.3. The van der Waals surface area contributed by atoms with Gasteiger partial charge in [0.1, 0.15) is 0 Å². The van der Waals surface area contributed by atoms with Gasteiger partial charge in [-0.2, -0.15) is 0 Å². The second-order valence-corrected chi connectivity index (χ2v) is 4.48. The Balaban J connectivity index is 4.35. The molecule has 0 fully saturated rings. The molecule has 2 amide bonds. The van der Waals surface area contributed by atoms with Gasteiger partial charge in [0.2, 0.25) is 0 Å². The molecule has 6 nitrogen and oxygen atoms in total. The molecule has 0 saturated carbocycles. The lowest BCUT2D eigenvalue weighted by Gasteiger charge is -2.26. The minimum absolute atomic E-state index is 0.0438. The predicted molar refractivity (Wildman–Crippen MR) is 68.5 cm³/mol. The van der Waals surface area contributed by atoms with E-state index in [0.717, 1.165) is 0 Å². The van der Waals surface area contributed by atoms with Crippen LogP contribution in [0.5, 0.6) is 0 Å². The lowest BCUT2D eigenvalue weighted by Crippen LogP contribution is -2.48. The maximum absolute atomic E-state index is 11.9. The molecular formula is C12H24N2O4. The first kappa shape index (κ1) is 16.7. The molecule has 18 heavy (non-hydrogen) atoms. The molecular weight excluding hydrogens is 236 g/mol. The second kappa shape index (κ2) is 8.74. The van der Waals surface area contributed by atoms with Crippen molar-refractivity contribution in [3.05, 3.63) is 0 Å². The van der Waals surface area contributed by atoms with Crippen molar-refractivity contribution < 1.29 is 19.4 Å². The molecule has 106 valence electrons. The highest BCUT2D eigenvalue weighted by molar-refractivity contribution is 5.75. The number of carboxylic acids is 1. The second-order valence-electron chi connectivity index (χ2n) is 4.48. The summed E-state index contributed by atoms with van der Waals surface area (Å²) in [5.74, 6) is -0.648. The third-order valence-electron chi connectivity index (χ3n) is 2.72. The molecule has 2 N–H and O–H groups in total. The molecule has 1 unspecified atom stereocenters. The zero-order chi connectivity index (χ0) is 14.1. The van der Waals surface area contributed by atoms with E-state index < -0.39 is 5.97 Å². The lowest BCUT2D eigenvalue weighted by molar-refractivity contribution is -0.137. The number of urea groups is 1. The van der Waals surface area contributed by atoms with Crippen LogP contribution in [0, 0.1) is 5.92 Å². The molecule has 0 rings (SSSR count). The summed E-state index contributed by atoms with van der Waals surface area (Å²) in [6, 6.07) is -0.309. The van der Waals surface area contributed by atoms with Crippen molar-refractivity contribution in [2.45, 2.75) is 33.2 Å². The van der Waals surface area contributed by atoms with E-state index in [-0.39, 0.29) is 31.0 Å². The Morgan fingerprint density at radius 1 is 1.39 bits per heavy atom. The summed E-state index contributed by atoms with van der Waals surface area (Å²) in [4.78, 5) is 23.9. The van der Waals surface area contributed by atoms with E-state index in [4.69, 9.17) is 9.84 Å². The predicted octanol–water partition coefficient (Wildman–Crippen LogP) is 1.16. The fourth-order valence-electron chi connectivity index (χ4n) is 1.46. The minimum Gasteiger partial charge on any atom is -0.481 e. The van der Waals surface area contributed by atoms with E-state index in [1.54, 1.807) is 7.11 Å². The number of carbonyl (C=O) groups excluding carboxylic acids is 1. The number of hydrogen-bond acceptors (Lipinski definition) is 3. The number of methoxy groups -OCH3 is 1. The molecule has 0 aromatic rings. The summed E-state index contributed by atoms with van der Waals surface area (Å²) in [6.07, 6.45) is -0.0438. The van der Waals surface area contributed by atoms with Crippen LogP contribution in [0.15, 0.2) is 0 Å². The number of nitrogens with one attached hydrogen (secondary N) is 1. The molecule has 0 radical (unpaired) electrons. The molecule has 0 aliphatic heterocycles. The number of nitrogens with zero attached hydrogens (tertiary/aromatic N) is 1. The molecule has 0 aromatic heterocycles. The van der Waals surface area contributed by atoms with Gasteiger partial charge >= 0.3 is 12.0 Å². The maximum atomic E-state index is 11.9. The van der Waals surface area contributed by atoms with E-state index in [1.165, 1.54) is 4.90 Å². The Labute approximate surface area is 108 Å². The van der Waals surface area contributed by atoms with Crippen molar-refractivity contribution >= 4 is 12.0 Å². The van der Waals surface area contributed by atoms with E-state index in [1.807, 2.05) is 20.8 Å². The first-order valence-electron chi connectivity index (χ1n) is 6.18. The molecule has 0 aliphatic rings. The van der Waals surface area contributed by atoms with Gasteiger partial charge in [-0.25, -0.2) is 4.79 Å². The summed E-state index contributed by atoms with van der Waals surface area (Å²) in [6.45, 7) is 6.96. The fourth-order valence-corrected chi connectivity index (χ4v) is 1.46. The zero-order valence-electron chi connectivity index (χ0n) is 11.6. The van der Waals surface area contributed by atoms with Gasteiger partial charge in [0.25, 0.3) is 0 Å². The summed E-state index contributed by atoms with van der Waals surface area (Å²) in [5, 5.41) is 11.5. The topological polar surface area (TPSA) is 78.9 Å². The SMILES string of the molecule is CCN(CCC(=O)O)C(=O)NC(COC)C(C)C. The minimum atomic E-state index is -0.904. The lowest BCUT2D eigenvalue weighted by atomic mass is 10.1. The fraction of sp³-hybridized carbons (Fsp3) is 0.833. The standard InChI is InChI=1S/C12H24N2O4/c1-5-14(7-6-11(15)16)12(17)13-10(8-18-4)9(2)3/h9-10H,5-8H2,1-4H3,(H,13,17)(H,15,16). The van der Waals surface area contributed by atoms with Crippen LogP contribution in [-0.2, 0) is 9.53 Å². The highest BCUT2D eigenvalue weighted by Crippen LogP contribution is 2.03. The Kier molecular flexibility index (Phi) is 8.11. The van der Waals surface area contributed by atoms with Crippen molar-refractivity contribution in [2.24, 2.45) is 5.92 Å². The maximum Gasteiger partial charge on any atom is 0.317 e. The third-order valence-corrected chi connectivity index (χ3v) is 2.72. The number of hydrogen-bond donors (Lipinski definition) is 2. The van der Waals surface area contributed by atoms with E-state index in [0.29, 0.717) is 13.2 Å². The van der Waals surface area contributed by atoms with Gasteiger partial charge in [0, 0.05) is 20.2 Å². The van der Waals surface area contributed by atoms with Crippen molar-refractivity contribution in [1.82, 2.24) is 10.2 Å². The highest BCUT2D eigenvalue weighted by atomic mass is 16.5. The molecule has 0 heterocycles. The Bertz CT molecular complexity index is 269. The number of aliphatic carboxylic acids is 1. The van der Waals surface area contributed by atoms with Gasteiger partial charge < -0.3 is 20.1 Å². The van der Waals surface area contributed by atoms with Crippen LogP contribution < -0.4 is 5.32 Å². The van der Waals surface area contributed by atoms with Crippen LogP contribution in [-0.4, -0.2) is 54.9 Å². The quantitative estimate of drug-likeness (QED) is 0.686. The van der Waals surface area contributed by atoms with Crippen LogP contribution in [0.3, 0.4) is 0 Å². The van der Waals surface area contributed by atoms with Gasteiger partial charge in [-0.05, 0) is 12.8 Å². The first-order valence-corrected chi connectivity index (χ1v) is 6.18. The molecule has 0 spiro atoms. The van der Waals surface area contributed by atoms with Crippen LogP contribution in [0.2, 0.25) is 0 Å². The zero-order valence-corrected chi connectivity index (χ0v) is 11.6. The molecule has 6 heteroatoms. The Hall–Kier alpha value is -1.30. The number of carbonyl (C=O) groups is 2. The Morgan fingerprint density at radius 2 is 2.00 bits per heavy atom. The van der Waals surface area contributed by atoms with Crippen LogP contribution in [0.4, 0.5) is 4.79 Å². The van der Waals surface area contributed by atoms with E-state index >= 15 is 0 Å². The number of rotatable bonds is 8. The average molecular weight is 260 g/mol. The monoisotopic (exact) mass is 260 g/mol. The van der Waals surface area contributed by atoms with Crippen molar-refractivity contribution in [3.8, 4) is 0 Å². The van der Waals surface area contributed by atoms with Crippen LogP contribution in [0.1, 0.15) is 27.2 Å². The smallest absolute Gasteiger partial charge is 0.317 e. The summed E-state index contributed by atoms with van der Waals surface area (Å²) < 4.78 is 5.05. The van der Waals surface area contributed by atoms with Crippen molar-refractivity contribution in [2.75, 3.05) is 26.8 Å². The molecule has 0 aliphatic carbocycles. The number of carboxylic acid groups (broad SMARTS) is 1. The summed E-state index contributed by atoms with van der Waals surface area (Å²) in [5.41, 5.74) is 0. The molecule has 0 aromatic carbocycles. The van der Waals surface area contributed by atoms with Crippen molar-refractivity contribution in [3.63, 3.8) is 0 Å². The summed E-state index contributed by atoms with van der Waals surface area (Å²) >= 11 is 0. The average Bonchev–Trinajstić information content (AvgIpc) is 2.28. The van der Waals surface area contributed by atoms with Crippen LogP contribution in [0.25, 0.3) is 0 Å². The van der Waals surface area contributed by atoms with E-state index in [9.17, 15) is 9.59 Å². The molecule has 1 atom stereocenters. The van der Waals surface area contributed by atoms with Gasteiger partial charge in [-0.1, -0.05) is 13.8 Å². The van der Waals surface area contributed by atoms with Gasteiger partial charge in [0.15, 0.2) is 0 Å². The van der Waals surface area contributed by atoms with Gasteiger partial charge in [0.05, 0.1) is 19.1 Å². The Morgan fingerprint density at radius 3 is 2.39 bits per heavy atom. The first-order chi connectivity index (χ1) is 8.42. The molecule has 0 saturated heterocycles. The largest absolute Gasteiger partial charge is 0.481 e. The van der Waals surface area contributed by atoms with Gasteiger partial charge in [-0.3, -0.25) is 4.79 Å². The van der Waals surface area contributed by atoms with E-state index in [2.05, 4.69) is 5.32 Å².